The lowest BCUT2D eigenvalue weighted by molar-refractivity contribution is -0.159. The molecule has 0 aromatic carbocycles. The lowest BCUT2D eigenvalue weighted by Gasteiger charge is -2.36. The summed E-state index contributed by atoms with van der Waals surface area (Å²) in [6, 6.07) is 0. The standard InChI is InChI=1S/C15H19N5O4S.C2H2O4/c1-3-23-13(22)4-11-8-25-15(17-11)18-12(21)7-20-5-10(6-20)14-16-9(2)19-24-14;3-1(4)2(5)6/h8,10H,3-7H2,1-2H3,(H,17,18,21);(H,3,4)(H,5,6). The fourth-order valence-electron chi connectivity index (χ4n) is 2.50. The zero-order chi connectivity index (χ0) is 23.0. The number of nitrogens with one attached hydrogen (secondary N) is 1. The number of anilines is 1. The second kappa shape index (κ2) is 11.1. The van der Waals surface area contributed by atoms with E-state index >= 15 is 0 Å². The molecule has 0 saturated carbocycles. The largest absolute Gasteiger partial charge is 0.473 e. The summed E-state index contributed by atoms with van der Waals surface area (Å²) < 4.78 is 10.0. The maximum atomic E-state index is 12.1. The summed E-state index contributed by atoms with van der Waals surface area (Å²) in [5.41, 5.74) is 0.592. The molecule has 0 unspecified atom stereocenters. The highest BCUT2D eigenvalue weighted by Gasteiger charge is 2.33. The molecule has 3 rings (SSSR count). The van der Waals surface area contributed by atoms with Gasteiger partial charge in [-0.05, 0) is 13.8 Å². The molecule has 2 aromatic rings. The second-order valence-electron chi connectivity index (χ2n) is 6.36. The number of aromatic nitrogens is 3. The van der Waals surface area contributed by atoms with E-state index in [0.29, 0.717) is 42.2 Å². The third-order valence-corrected chi connectivity index (χ3v) is 4.64. The van der Waals surface area contributed by atoms with Crippen molar-refractivity contribution in [2.45, 2.75) is 26.2 Å². The minimum Gasteiger partial charge on any atom is -0.473 e. The lowest BCUT2D eigenvalue weighted by Crippen LogP contribution is -2.48. The van der Waals surface area contributed by atoms with Crippen LogP contribution in [-0.4, -0.2) is 80.3 Å². The van der Waals surface area contributed by atoms with Crippen molar-refractivity contribution in [1.82, 2.24) is 20.0 Å². The van der Waals surface area contributed by atoms with Crippen molar-refractivity contribution in [3.8, 4) is 0 Å². The molecule has 0 radical (unpaired) electrons. The zero-order valence-corrected chi connectivity index (χ0v) is 17.5. The van der Waals surface area contributed by atoms with Crippen molar-refractivity contribution in [3.05, 3.63) is 22.8 Å². The van der Waals surface area contributed by atoms with Crippen LogP contribution in [0.15, 0.2) is 9.90 Å². The summed E-state index contributed by atoms with van der Waals surface area (Å²) in [6.07, 6.45) is 0.109. The van der Waals surface area contributed by atoms with Gasteiger partial charge >= 0.3 is 17.9 Å². The SMILES string of the molecule is CCOC(=O)Cc1csc(NC(=O)CN2CC(c3nc(C)no3)C2)n1.O=C(O)C(=O)O. The third-order valence-electron chi connectivity index (χ3n) is 3.83. The Balaban J connectivity index is 0.000000501. The number of carbonyl (C=O) groups excluding carboxylic acids is 2. The van der Waals surface area contributed by atoms with Crippen LogP contribution in [0.3, 0.4) is 0 Å². The molecule has 1 amide bonds. The lowest BCUT2D eigenvalue weighted by atomic mass is 10.0. The summed E-state index contributed by atoms with van der Waals surface area (Å²) in [7, 11) is 0. The van der Waals surface area contributed by atoms with Crippen LogP contribution in [0.25, 0.3) is 0 Å². The minimum atomic E-state index is -1.82. The predicted octanol–water partition coefficient (Wildman–Crippen LogP) is 0.134. The molecule has 3 N–H and O–H groups in total. The van der Waals surface area contributed by atoms with Crippen LogP contribution in [-0.2, 0) is 30.3 Å². The summed E-state index contributed by atoms with van der Waals surface area (Å²) in [5.74, 6) is -2.69. The molecule has 31 heavy (non-hydrogen) atoms. The van der Waals surface area contributed by atoms with E-state index in [-0.39, 0.29) is 30.8 Å². The first-order valence-corrected chi connectivity index (χ1v) is 9.94. The van der Waals surface area contributed by atoms with Crippen LogP contribution >= 0.6 is 11.3 Å². The van der Waals surface area contributed by atoms with Gasteiger partial charge in [-0.1, -0.05) is 5.16 Å². The van der Waals surface area contributed by atoms with Gasteiger partial charge in [-0.3, -0.25) is 14.5 Å². The molecule has 1 saturated heterocycles. The van der Waals surface area contributed by atoms with Gasteiger partial charge in [0.25, 0.3) is 0 Å². The van der Waals surface area contributed by atoms with E-state index in [4.69, 9.17) is 29.1 Å². The zero-order valence-electron chi connectivity index (χ0n) is 16.7. The van der Waals surface area contributed by atoms with Crippen molar-refractivity contribution in [2.24, 2.45) is 0 Å². The smallest absolute Gasteiger partial charge is 0.414 e. The van der Waals surface area contributed by atoms with E-state index in [1.807, 2.05) is 4.90 Å². The van der Waals surface area contributed by atoms with Crippen LogP contribution in [0.4, 0.5) is 5.13 Å². The number of hydrogen-bond acceptors (Lipinski definition) is 11. The van der Waals surface area contributed by atoms with E-state index < -0.39 is 11.9 Å². The molecule has 13 nitrogen and oxygen atoms in total. The van der Waals surface area contributed by atoms with E-state index in [1.165, 1.54) is 11.3 Å². The quantitative estimate of drug-likeness (QED) is 0.379. The molecular weight excluding hydrogens is 434 g/mol. The number of esters is 1. The number of thiazole rings is 1. The number of ether oxygens (including phenoxy) is 1. The first-order valence-electron chi connectivity index (χ1n) is 9.06. The molecule has 1 fully saturated rings. The highest BCUT2D eigenvalue weighted by atomic mass is 32.1. The Kier molecular flexibility index (Phi) is 8.57. The molecular formula is C17H21N5O8S. The molecule has 0 bridgehead atoms. The topological polar surface area (TPSA) is 185 Å². The predicted molar refractivity (Wildman–Crippen MR) is 105 cm³/mol. The number of nitrogens with zero attached hydrogens (tertiary/aromatic N) is 4. The van der Waals surface area contributed by atoms with Crippen molar-refractivity contribution in [1.29, 1.82) is 0 Å². The van der Waals surface area contributed by atoms with E-state index in [2.05, 4.69) is 20.4 Å². The Morgan fingerprint density at radius 1 is 1.26 bits per heavy atom. The maximum absolute atomic E-state index is 12.1. The van der Waals surface area contributed by atoms with Crippen LogP contribution < -0.4 is 5.32 Å². The number of amides is 1. The number of carbonyl (C=O) groups is 4. The number of hydrogen-bond donors (Lipinski definition) is 3. The van der Waals surface area contributed by atoms with Crippen molar-refractivity contribution in [2.75, 3.05) is 31.6 Å². The monoisotopic (exact) mass is 455 g/mol. The van der Waals surface area contributed by atoms with Gasteiger partial charge in [0.1, 0.15) is 0 Å². The van der Waals surface area contributed by atoms with E-state index in [1.54, 1.807) is 19.2 Å². The Hall–Kier alpha value is -3.39. The number of carboxylic acids is 2. The van der Waals surface area contributed by atoms with Crippen molar-refractivity contribution >= 4 is 40.3 Å². The summed E-state index contributed by atoms with van der Waals surface area (Å²) >= 11 is 1.29. The fraction of sp³-hybridized carbons (Fsp3) is 0.471. The number of carboxylic acid groups (broad SMARTS) is 2. The minimum absolute atomic E-state index is 0.109. The average Bonchev–Trinajstić information content (AvgIpc) is 3.27. The molecule has 1 aliphatic rings. The summed E-state index contributed by atoms with van der Waals surface area (Å²) in [6.45, 7) is 5.57. The number of rotatable bonds is 7. The van der Waals surface area contributed by atoms with Gasteiger partial charge < -0.3 is 24.8 Å². The molecule has 0 spiro atoms. The molecule has 1 aliphatic heterocycles. The fourth-order valence-corrected chi connectivity index (χ4v) is 3.23. The Morgan fingerprint density at radius 3 is 2.48 bits per heavy atom. The second-order valence-corrected chi connectivity index (χ2v) is 7.21. The average molecular weight is 455 g/mol. The molecule has 0 atom stereocenters. The van der Waals surface area contributed by atoms with Gasteiger partial charge in [0.2, 0.25) is 11.8 Å². The highest BCUT2D eigenvalue weighted by Crippen LogP contribution is 2.25. The number of likely N-dealkylation sites (tertiary alicyclic amines) is 1. The molecule has 3 heterocycles. The summed E-state index contributed by atoms with van der Waals surface area (Å²) in [4.78, 5) is 52.1. The first-order chi connectivity index (χ1) is 14.7. The van der Waals surface area contributed by atoms with Crippen molar-refractivity contribution < 1.29 is 38.7 Å². The van der Waals surface area contributed by atoms with Gasteiger partial charge in [-0.25, -0.2) is 14.6 Å². The Labute approximate surface area is 180 Å². The molecule has 168 valence electrons. The van der Waals surface area contributed by atoms with Gasteiger partial charge in [-0.2, -0.15) is 4.98 Å². The van der Waals surface area contributed by atoms with Crippen LogP contribution in [0, 0.1) is 6.92 Å². The first kappa shape index (κ1) is 23.9. The van der Waals surface area contributed by atoms with Crippen molar-refractivity contribution in [3.63, 3.8) is 0 Å². The number of aryl methyl sites for hydroxylation is 1. The van der Waals surface area contributed by atoms with Crippen LogP contribution in [0.2, 0.25) is 0 Å². The summed E-state index contributed by atoms with van der Waals surface area (Å²) in [5, 5.41) is 23.5. The van der Waals surface area contributed by atoms with Crippen LogP contribution in [0.5, 0.6) is 0 Å². The van der Waals surface area contributed by atoms with Gasteiger partial charge in [0.05, 0.1) is 31.2 Å². The van der Waals surface area contributed by atoms with E-state index in [9.17, 15) is 9.59 Å². The maximum Gasteiger partial charge on any atom is 0.414 e. The van der Waals surface area contributed by atoms with Gasteiger partial charge in [0.15, 0.2) is 11.0 Å². The van der Waals surface area contributed by atoms with Gasteiger partial charge in [0, 0.05) is 18.5 Å². The number of aliphatic carboxylic acids is 2. The normalized spacial score (nSPS) is 13.5. The van der Waals surface area contributed by atoms with Gasteiger partial charge in [-0.15, -0.1) is 11.3 Å². The Morgan fingerprint density at radius 2 is 1.94 bits per heavy atom. The molecule has 0 aliphatic carbocycles. The molecule has 14 heteroatoms. The Bertz CT molecular complexity index is 925. The van der Waals surface area contributed by atoms with E-state index in [0.717, 1.165) is 0 Å². The highest BCUT2D eigenvalue weighted by molar-refractivity contribution is 7.13. The van der Waals surface area contributed by atoms with Crippen LogP contribution in [0.1, 0.15) is 30.3 Å². The molecule has 2 aromatic heterocycles. The third kappa shape index (κ3) is 7.75.